The second-order valence-corrected chi connectivity index (χ2v) is 5.45. The van der Waals surface area contributed by atoms with Crippen molar-refractivity contribution in [2.24, 2.45) is 5.10 Å². The molecule has 1 atom stereocenters. The van der Waals surface area contributed by atoms with Gasteiger partial charge in [0.05, 0.1) is 37.6 Å². The Balaban J connectivity index is 1.75. The first-order chi connectivity index (χ1) is 11.6. The van der Waals surface area contributed by atoms with E-state index < -0.39 is 18.0 Å². The van der Waals surface area contributed by atoms with Gasteiger partial charge in [-0.1, -0.05) is 5.92 Å². The fraction of sp³-hybridized carbons (Fsp3) is 0.375. The third-order valence-corrected chi connectivity index (χ3v) is 3.86. The van der Waals surface area contributed by atoms with Crippen LogP contribution < -0.4 is 9.80 Å². The normalized spacial score (nSPS) is 20.3. The zero-order valence-electron chi connectivity index (χ0n) is 12.9. The van der Waals surface area contributed by atoms with Crippen LogP contribution in [0.5, 0.6) is 0 Å². The van der Waals surface area contributed by atoms with E-state index in [4.69, 9.17) is 16.3 Å². The first kappa shape index (κ1) is 16.1. The van der Waals surface area contributed by atoms with Crippen molar-refractivity contribution in [3.05, 3.63) is 24.0 Å². The lowest BCUT2D eigenvalue weighted by Gasteiger charge is -2.29. The second-order valence-electron chi connectivity index (χ2n) is 5.45. The van der Waals surface area contributed by atoms with E-state index in [1.165, 1.54) is 17.3 Å². The van der Waals surface area contributed by atoms with Crippen LogP contribution in [0.1, 0.15) is 0 Å². The predicted octanol–water partition coefficient (Wildman–Crippen LogP) is 0.842. The van der Waals surface area contributed by atoms with Crippen LogP contribution in [-0.4, -0.2) is 61.4 Å². The van der Waals surface area contributed by atoms with Gasteiger partial charge in [-0.25, -0.2) is 9.18 Å². The van der Waals surface area contributed by atoms with E-state index in [0.29, 0.717) is 31.0 Å². The molecule has 1 saturated heterocycles. The van der Waals surface area contributed by atoms with Gasteiger partial charge in [-0.05, 0) is 18.2 Å². The predicted molar refractivity (Wildman–Crippen MR) is 87.3 cm³/mol. The number of rotatable bonds is 4. The molecule has 2 aliphatic rings. The Morgan fingerprint density at radius 3 is 2.88 bits per heavy atom. The van der Waals surface area contributed by atoms with E-state index in [1.807, 2.05) is 0 Å². The molecule has 1 fully saturated rings. The molecule has 2 heterocycles. The van der Waals surface area contributed by atoms with Crippen LogP contribution in [0.15, 0.2) is 23.3 Å². The number of cyclic esters (lactones) is 1. The van der Waals surface area contributed by atoms with Crippen molar-refractivity contribution in [2.45, 2.75) is 6.10 Å². The number of hydrogen-bond donors (Lipinski definition) is 1. The van der Waals surface area contributed by atoms with Gasteiger partial charge in [-0.15, -0.1) is 6.42 Å². The molecular formula is C16H17FN4O3. The maximum absolute atomic E-state index is 14.5. The lowest BCUT2D eigenvalue weighted by molar-refractivity contribution is 0.0963. The zero-order chi connectivity index (χ0) is 17.1. The van der Waals surface area contributed by atoms with E-state index in [1.54, 1.807) is 22.0 Å². The number of terminal acetylenes is 1. The van der Waals surface area contributed by atoms with Crippen molar-refractivity contribution in [1.29, 1.82) is 0 Å². The lowest BCUT2D eigenvalue weighted by Crippen LogP contribution is -2.38. The number of carbonyl (C=O) groups is 1. The van der Waals surface area contributed by atoms with Crippen LogP contribution in [0.25, 0.3) is 0 Å². The first-order valence-electron chi connectivity index (χ1n) is 7.50. The summed E-state index contributed by atoms with van der Waals surface area (Å²) in [6.07, 6.45) is 5.59. The summed E-state index contributed by atoms with van der Waals surface area (Å²) in [5, 5.41) is 14.9. The minimum absolute atomic E-state index is 0.195. The van der Waals surface area contributed by atoms with Gasteiger partial charge in [0, 0.05) is 6.54 Å². The molecule has 24 heavy (non-hydrogen) atoms. The van der Waals surface area contributed by atoms with E-state index in [0.717, 1.165) is 0 Å². The quantitative estimate of drug-likeness (QED) is 0.828. The summed E-state index contributed by atoms with van der Waals surface area (Å²) in [5.74, 6) is 2.04. The average Bonchev–Trinajstić information content (AvgIpc) is 2.97. The molecule has 1 amide bonds. The van der Waals surface area contributed by atoms with Crippen LogP contribution in [0.3, 0.4) is 0 Å². The van der Waals surface area contributed by atoms with Crippen molar-refractivity contribution >= 4 is 23.8 Å². The largest absolute Gasteiger partial charge is 0.441 e. The average molecular weight is 332 g/mol. The Labute approximate surface area is 138 Å². The molecule has 3 rings (SSSR count). The number of hydrogen-bond acceptors (Lipinski definition) is 6. The van der Waals surface area contributed by atoms with Gasteiger partial charge in [0.25, 0.3) is 0 Å². The fourth-order valence-corrected chi connectivity index (χ4v) is 2.61. The number of amides is 1. The molecular weight excluding hydrogens is 315 g/mol. The molecule has 2 aliphatic heterocycles. The minimum atomic E-state index is -0.592. The molecule has 0 bridgehead atoms. The third-order valence-electron chi connectivity index (χ3n) is 3.86. The standard InChI is InChI=1S/C16H17FN4O3/c1-2-5-20-7-6-19(11-18-20)15-4-3-12(8-14(15)17)21-9-13(10-22)24-16(21)23/h1,3-4,8,11,13,22H,5-7,9-10H2/t13-/m1/s1. The van der Waals surface area contributed by atoms with Gasteiger partial charge in [0.2, 0.25) is 0 Å². The van der Waals surface area contributed by atoms with E-state index in [-0.39, 0.29) is 13.2 Å². The van der Waals surface area contributed by atoms with Gasteiger partial charge in [-0.2, -0.15) is 5.10 Å². The molecule has 0 unspecified atom stereocenters. The number of carbonyl (C=O) groups excluding carboxylic acids is 1. The van der Waals surface area contributed by atoms with Crippen molar-refractivity contribution in [3.63, 3.8) is 0 Å². The smallest absolute Gasteiger partial charge is 0.414 e. The van der Waals surface area contributed by atoms with Crippen molar-refractivity contribution < 1.29 is 19.0 Å². The lowest BCUT2D eigenvalue weighted by atomic mass is 10.2. The number of hydrazone groups is 1. The summed E-state index contributed by atoms with van der Waals surface area (Å²) in [5.41, 5.74) is 0.759. The van der Waals surface area contributed by atoms with Gasteiger partial charge in [0.15, 0.2) is 0 Å². The Bertz CT molecular complexity index is 703. The van der Waals surface area contributed by atoms with Crippen LogP contribution >= 0.6 is 0 Å². The summed E-state index contributed by atoms with van der Waals surface area (Å²) in [4.78, 5) is 14.7. The van der Waals surface area contributed by atoms with Gasteiger partial charge in [0.1, 0.15) is 18.3 Å². The molecule has 0 saturated carbocycles. The summed E-state index contributed by atoms with van der Waals surface area (Å²) >= 11 is 0. The first-order valence-corrected chi connectivity index (χ1v) is 7.50. The molecule has 1 N–H and O–H groups in total. The van der Waals surface area contributed by atoms with Crippen molar-refractivity contribution in [1.82, 2.24) is 5.01 Å². The SMILES string of the molecule is C#CCN1CCN(c2ccc(N3C[C@H](CO)OC3=O)cc2F)C=N1. The molecule has 0 radical (unpaired) electrons. The second kappa shape index (κ2) is 6.76. The summed E-state index contributed by atoms with van der Waals surface area (Å²) < 4.78 is 19.4. The topological polar surface area (TPSA) is 68.6 Å². The van der Waals surface area contributed by atoms with Crippen LogP contribution in [0.4, 0.5) is 20.6 Å². The highest BCUT2D eigenvalue weighted by Gasteiger charge is 2.32. The fourth-order valence-electron chi connectivity index (χ4n) is 2.61. The Morgan fingerprint density at radius 1 is 1.46 bits per heavy atom. The summed E-state index contributed by atoms with van der Waals surface area (Å²) in [7, 11) is 0. The van der Waals surface area contributed by atoms with E-state index in [2.05, 4.69) is 11.0 Å². The number of benzene rings is 1. The van der Waals surface area contributed by atoms with Gasteiger partial charge < -0.3 is 14.7 Å². The highest BCUT2D eigenvalue weighted by atomic mass is 19.1. The summed E-state index contributed by atoms with van der Waals surface area (Å²) in [6.45, 7) is 1.49. The van der Waals surface area contributed by atoms with Crippen molar-refractivity contribution in [2.75, 3.05) is 42.6 Å². The summed E-state index contributed by atoms with van der Waals surface area (Å²) in [6, 6.07) is 4.51. The highest BCUT2D eigenvalue weighted by molar-refractivity contribution is 5.90. The van der Waals surface area contributed by atoms with Crippen molar-refractivity contribution in [3.8, 4) is 12.3 Å². The van der Waals surface area contributed by atoms with Crippen LogP contribution in [0.2, 0.25) is 0 Å². The highest BCUT2D eigenvalue weighted by Crippen LogP contribution is 2.28. The molecule has 0 aliphatic carbocycles. The Morgan fingerprint density at radius 2 is 2.29 bits per heavy atom. The number of nitrogens with zero attached hydrogens (tertiary/aromatic N) is 4. The molecule has 1 aromatic carbocycles. The Hall–Kier alpha value is -2.79. The number of aliphatic hydroxyl groups is 1. The minimum Gasteiger partial charge on any atom is -0.441 e. The molecule has 0 aromatic heterocycles. The van der Waals surface area contributed by atoms with E-state index in [9.17, 15) is 9.18 Å². The number of anilines is 2. The number of ether oxygens (including phenoxy) is 1. The third kappa shape index (κ3) is 3.12. The maximum Gasteiger partial charge on any atom is 0.414 e. The maximum atomic E-state index is 14.5. The molecule has 1 aromatic rings. The zero-order valence-corrected chi connectivity index (χ0v) is 12.9. The Kier molecular flexibility index (Phi) is 4.53. The molecule has 0 spiro atoms. The number of aliphatic hydroxyl groups excluding tert-OH is 1. The van der Waals surface area contributed by atoms with Gasteiger partial charge in [-0.3, -0.25) is 9.91 Å². The molecule has 8 heteroatoms. The van der Waals surface area contributed by atoms with E-state index >= 15 is 0 Å². The van der Waals surface area contributed by atoms with Crippen LogP contribution in [0, 0.1) is 18.2 Å². The monoisotopic (exact) mass is 332 g/mol. The van der Waals surface area contributed by atoms with Gasteiger partial charge >= 0.3 is 6.09 Å². The molecule has 7 nitrogen and oxygen atoms in total. The number of halogens is 1. The van der Waals surface area contributed by atoms with Crippen LogP contribution in [-0.2, 0) is 4.74 Å². The molecule has 126 valence electrons.